The molecule has 1 saturated heterocycles. The van der Waals surface area contributed by atoms with Gasteiger partial charge in [0.2, 0.25) is 0 Å². The van der Waals surface area contributed by atoms with Crippen LogP contribution in [-0.2, 0) is 11.2 Å². The molecule has 0 saturated carbocycles. The SMILES string of the molecule is CCCc1c(Cl)ncnc1SC1CCOCC1. The third-order valence-corrected chi connectivity index (χ3v) is 4.51. The molecule has 0 N–H and O–H groups in total. The Hall–Kier alpha value is -0.320. The largest absolute Gasteiger partial charge is 0.381 e. The topological polar surface area (TPSA) is 35.0 Å². The smallest absolute Gasteiger partial charge is 0.136 e. The molecule has 1 fully saturated rings. The van der Waals surface area contributed by atoms with E-state index < -0.39 is 0 Å². The van der Waals surface area contributed by atoms with Gasteiger partial charge in [0, 0.05) is 24.0 Å². The molecule has 0 bridgehead atoms. The van der Waals surface area contributed by atoms with Crippen LogP contribution < -0.4 is 0 Å². The Morgan fingerprint density at radius 3 is 2.88 bits per heavy atom. The Labute approximate surface area is 111 Å². The van der Waals surface area contributed by atoms with E-state index in [0.29, 0.717) is 10.4 Å². The van der Waals surface area contributed by atoms with Crippen LogP contribution in [0.5, 0.6) is 0 Å². The zero-order valence-corrected chi connectivity index (χ0v) is 11.6. The second-order valence-corrected chi connectivity index (χ2v) is 5.77. The second-order valence-electron chi connectivity index (χ2n) is 4.13. The van der Waals surface area contributed by atoms with Crippen molar-refractivity contribution in [2.45, 2.75) is 42.9 Å². The number of nitrogens with zero attached hydrogens (tertiary/aromatic N) is 2. The van der Waals surface area contributed by atoms with Crippen LogP contribution in [0.15, 0.2) is 11.4 Å². The minimum absolute atomic E-state index is 0.602. The highest BCUT2D eigenvalue weighted by atomic mass is 35.5. The highest BCUT2D eigenvalue weighted by Crippen LogP contribution is 2.32. The van der Waals surface area contributed by atoms with Gasteiger partial charge in [-0.1, -0.05) is 24.9 Å². The van der Waals surface area contributed by atoms with Crippen LogP contribution in [-0.4, -0.2) is 28.4 Å². The van der Waals surface area contributed by atoms with E-state index in [2.05, 4.69) is 16.9 Å². The fourth-order valence-corrected chi connectivity index (χ4v) is 3.37. The first kappa shape index (κ1) is 13.1. The van der Waals surface area contributed by atoms with Crippen LogP contribution in [0.4, 0.5) is 0 Å². The highest BCUT2D eigenvalue weighted by Gasteiger charge is 2.18. The molecule has 1 aromatic rings. The molecule has 17 heavy (non-hydrogen) atoms. The lowest BCUT2D eigenvalue weighted by molar-refractivity contribution is 0.1000. The molecule has 94 valence electrons. The van der Waals surface area contributed by atoms with Crippen molar-refractivity contribution in [2.24, 2.45) is 0 Å². The van der Waals surface area contributed by atoms with E-state index in [4.69, 9.17) is 16.3 Å². The summed E-state index contributed by atoms with van der Waals surface area (Å²) in [6, 6.07) is 0. The molecule has 0 atom stereocenters. The van der Waals surface area contributed by atoms with E-state index in [0.717, 1.165) is 49.5 Å². The van der Waals surface area contributed by atoms with Crippen molar-refractivity contribution in [1.82, 2.24) is 9.97 Å². The van der Waals surface area contributed by atoms with Crippen LogP contribution in [0.3, 0.4) is 0 Å². The van der Waals surface area contributed by atoms with Gasteiger partial charge in [-0.25, -0.2) is 9.97 Å². The minimum atomic E-state index is 0.602. The van der Waals surface area contributed by atoms with Crippen LogP contribution in [0.25, 0.3) is 0 Å². The number of hydrogen-bond acceptors (Lipinski definition) is 4. The number of thioether (sulfide) groups is 1. The first-order chi connectivity index (χ1) is 8.31. The maximum atomic E-state index is 6.14. The summed E-state index contributed by atoms with van der Waals surface area (Å²) in [5.74, 6) is 0. The summed E-state index contributed by atoms with van der Waals surface area (Å²) in [5.41, 5.74) is 1.10. The Morgan fingerprint density at radius 1 is 1.41 bits per heavy atom. The van der Waals surface area contributed by atoms with Gasteiger partial charge >= 0.3 is 0 Å². The van der Waals surface area contributed by atoms with Gasteiger partial charge in [0.15, 0.2) is 0 Å². The Morgan fingerprint density at radius 2 is 2.18 bits per heavy atom. The maximum absolute atomic E-state index is 6.14. The molecule has 0 spiro atoms. The summed E-state index contributed by atoms with van der Waals surface area (Å²) in [5, 5.41) is 2.26. The molecule has 0 aliphatic carbocycles. The average Bonchev–Trinajstić information content (AvgIpc) is 2.35. The summed E-state index contributed by atoms with van der Waals surface area (Å²) in [6.07, 6.45) is 5.76. The summed E-state index contributed by atoms with van der Waals surface area (Å²) in [6.45, 7) is 3.87. The predicted octanol–water partition coefficient (Wildman–Crippen LogP) is 3.35. The Kier molecular flexibility index (Phi) is 5.07. The van der Waals surface area contributed by atoms with Gasteiger partial charge in [0.05, 0.1) is 0 Å². The highest BCUT2D eigenvalue weighted by molar-refractivity contribution is 7.99. The van der Waals surface area contributed by atoms with E-state index in [1.165, 1.54) is 0 Å². The summed E-state index contributed by atoms with van der Waals surface area (Å²) in [7, 11) is 0. The molecular formula is C12H17ClN2OS. The van der Waals surface area contributed by atoms with Gasteiger partial charge in [-0.05, 0) is 19.3 Å². The van der Waals surface area contributed by atoms with Crippen LogP contribution in [0.1, 0.15) is 31.7 Å². The molecule has 1 aromatic heterocycles. The van der Waals surface area contributed by atoms with Crippen molar-refractivity contribution >= 4 is 23.4 Å². The number of aromatic nitrogens is 2. The van der Waals surface area contributed by atoms with Crippen molar-refractivity contribution in [2.75, 3.05) is 13.2 Å². The maximum Gasteiger partial charge on any atom is 0.136 e. The third kappa shape index (κ3) is 3.57. The molecule has 1 aliphatic heterocycles. The van der Waals surface area contributed by atoms with E-state index in [-0.39, 0.29) is 0 Å². The van der Waals surface area contributed by atoms with Crippen molar-refractivity contribution in [1.29, 1.82) is 0 Å². The number of hydrogen-bond donors (Lipinski definition) is 0. The summed E-state index contributed by atoms with van der Waals surface area (Å²) >= 11 is 7.97. The molecule has 0 unspecified atom stereocenters. The van der Waals surface area contributed by atoms with Gasteiger partial charge in [0.25, 0.3) is 0 Å². The monoisotopic (exact) mass is 272 g/mol. The molecule has 1 aliphatic rings. The standard InChI is InChI=1S/C12H17ClN2OS/c1-2-3-10-11(13)14-8-15-12(10)17-9-4-6-16-7-5-9/h8-9H,2-7H2,1H3. The quantitative estimate of drug-likeness (QED) is 0.788. The molecule has 3 nitrogen and oxygen atoms in total. The number of halogens is 1. The van der Waals surface area contributed by atoms with E-state index >= 15 is 0 Å². The van der Waals surface area contributed by atoms with Crippen LogP contribution in [0.2, 0.25) is 5.15 Å². The first-order valence-electron chi connectivity index (χ1n) is 6.05. The Balaban J connectivity index is 2.10. The molecule has 0 radical (unpaired) electrons. The van der Waals surface area contributed by atoms with Crippen molar-refractivity contribution < 1.29 is 4.74 Å². The molecule has 2 heterocycles. The zero-order chi connectivity index (χ0) is 12.1. The summed E-state index contributed by atoms with van der Waals surface area (Å²) in [4.78, 5) is 8.45. The molecular weight excluding hydrogens is 256 g/mol. The molecule has 2 rings (SSSR count). The van der Waals surface area contributed by atoms with Gasteiger partial charge in [-0.15, -0.1) is 11.8 Å². The van der Waals surface area contributed by atoms with Crippen molar-refractivity contribution in [3.8, 4) is 0 Å². The first-order valence-corrected chi connectivity index (χ1v) is 7.30. The van der Waals surface area contributed by atoms with Crippen molar-refractivity contribution in [3.63, 3.8) is 0 Å². The number of ether oxygens (including phenoxy) is 1. The van der Waals surface area contributed by atoms with Crippen molar-refractivity contribution in [3.05, 3.63) is 17.0 Å². The third-order valence-electron chi connectivity index (χ3n) is 2.80. The fraction of sp³-hybridized carbons (Fsp3) is 0.667. The fourth-order valence-electron chi connectivity index (χ4n) is 1.89. The van der Waals surface area contributed by atoms with E-state index in [9.17, 15) is 0 Å². The normalized spacial score (nSPS) is 17.3. The zero-order valence-electron chi connectivity index (χ0n) is 9.99. The average molecular weight is 273 g/mol. The molecule has 0 amide bonds. The lowest BCUT2D eigenvalue weighted by Gasteiger charge is -2.21. The van der Waals surface area contributed by atoms with E-state index in [1.54, 1.807) is 6.33 Å². The molecule has 5 heteroatoms. The lowest BCUT2D eigenvalue weighted by atomic mass is 10.2. The summed E-state index contributed by atoms with van der Waals surface area (Å²) < 4.78 is 5.37. The Bertz CT molecular complexity index is 370. The van der Waals surface area contributed by atoms with Gasteiger partial charge in [-0.2, -0.15) is 0 Å². The minimum Gasteiger partial charge on any atom is -0.381 e. The molecule has 0 aromatic carbocycles. The van der Waals surface area contributed by atoms with Gasteiger partial charge < -0.3 is 4.74 Å². The van der Waals surface area contributed by atoms with Gasteiger partial charge in [0.1, 0.15) is 16.5 Å². The second kappa shape index (κ2) is 6.57. The van der Waals surface area contributed by atoms with Crippen LogP contribution >= 0.6 is 23.4 Å². The number of rotatable bonds is 4. The van der Waals surface area contributed by atoms with E-state index in [1.807, 2.05) is 11.8 Å². The van der Waals surface area contributed by atoms with Crippen LogP contribution in [0, 0.1) is 0 Å². The lowest BCUT2D eigenvalue weighted by Crippen LogP contribution is -2.17. The predicted molar refractivity (Wildman–Crippen MR) is 70.7 cm³/mol. The van der Waals surface area contributed by atoms with Gasteiger partial charge in [-0.3, -0.25) is 0 Å².